The molecule has 128 valence electrons. The Labute approximate surface area is 154 Å². The lowest BCUT2D eigenvalue weighted by Gasteiger charge is -2.22. The van der Waals surface area contributed by atoms with E-state index >= 15 is 0 Å². The molecule has 0 fully saturated rings. The molecule has 0 aliphatic rings. The number of hydrogen-bond donors (Lipinski definition) is 1. The summed E-state index contributed by atoms with van der Waals surface area (Å²) in [4.78, 5) is 0. The zero-order valence-electron chi connectivity index (χ0n) is 13.8. The first-order valence-electron chi connectivity index (χ1n) is 7.80. The van der Waals surface area contributed by atoms with E-state index in [4.69, 9.17) is 21.3 Å². The highest BCUT2D eigenvalue weighted by Crippen LogP contribution is 2.49. The maximum Gasteiger partial charge on any atom is 0.362 e. The monoisotopic (exact) mass is 380 g/mol. The molecule has 0 saturated carbocycles. The molecular weight excluding hydrogens is 359 g/mol. The minimum Gasteiger partial charge on any atom is -0.305 e. The lowest BCUT2D eigenvalue weighted by atomic mass is 10.0. The molecule has 0 aliphatic carbocycles. The van der Waals surface area contributed by atoms with E-state index in [-0.39, 0.29) is 13.2 Å². The highest BCUT2D eigenvalue weighted by Gasteiger charge is 2.33. The molecule has 3 nitrogen and oxygen atoms in total. The van der Waals surface area contributed by atoms with E-state index < -0.39 is 7.60 Å². The van der Waals surface area contributed by atoms with Gasteiger partial charge in [-0.3, -0.25) is 4.57 Å². The summed E-state index contributed by atoms with van der Waals surface area (Å²) in [7, 11) is -3.47. The Morgan fingerprint density at radius 1 is 1.04 bits per heavy atom. The minimum absolute atomic E-state index is 0.287. The maximum atomic E-state index is 13.4. The van der Waals surface area contributed by atoms with Gasteiger partial charge in [0.2, 0.25) is 0 Å². The van der Waals surface area contributed by atoms with Crippen LogP contribution in [0.15, 0.2) is 48.5 Å². The number of benzene rings is 2. The molecule has 0 bridgehead atoms. The van der Waals surface area contributed by atoms with Gasteiger partial charge in [-0.05, 0) is 31.4 Å². The number of rotatable bonds is 8. The summed E-state index contributed by atoms with van der Waals surface area (Å²) in [5.41, 5.74) is 2.62. The Kier molecular flexibility index (Phi) is 7.20. The highest BCUT2D eigenvalue weighted by molar-refractivity contribution is 8.12. The summed E-state index contributed by atoms with van der Waals surface area (Å²) in [5, 5.41) is 0.526. The molecule has 0 heterocycles. The van der Waals surface area contributed by atoms with Gasteiger partial charge < -0.3 is 9.05 Å². The van der Waals surface area contributed by atoms with Gasteiger partial charge in [-0.25, -0.2) is 0 Å². The predicted molar refractivity (Wildman–Crippen MR) is 107 cm³/mol. The van der Waals surface area contributed by atoms with Gasteiger partial charge in [-0.2, -0.15) is 0 Å². The molecule has 0 aliphatic heterocycles. The Hall–Kier alpha value is -0.970. The number of thiol groups is 1. The molecule has 24 heavy (non-hydrogen) atoms. The molecule has 6 heteroatoms. The Balaban J connectivity index is 2.61. The molecule has 0 N–H and O–H groups in total. The van der Waals surface area contributed by atoms with Gasteiger partial charge in [0, 0.05) is 5.56 Å². The third-order valence-corrected chi connectivity index (χ3v) is 6.19. The molecule has 2 aromatic rings. The Morgan fingerprint density at radius 3 is 2.21 bits per heavy atom. The summed E-state index contributed by atoms with van der Waals surface area (Å²) in [5.74, 6) is 0. The minimum atomic E-state index is -3.47. The fourth-order valence-electron chi connectivity index (χ4n) is 2.55. The van der Waals surface area contributed by atoms with Crippen molar-refractivity contribution in [3.63, 3.8) is 0 Å². The van der Waals surface area contributed by atoms with Crippen molar-refractivity contribution in [2.45, 2.75) is 20.3 Å². The summed E-state index contributed by atoms with van der Waals surface area (Å²) in [6.07, 6.45) is 0.616. The van der Waals surface area contributed by atoms with Crippen LogP contribution in [0, 0.1) is 0 Å². The van der Waals surface area contributed by atoms with E-state index in [9.17, 15) is 4.57 Å². The lowest BCUT2D eigenvalue weighted by molar-refractivity contribution is 0.229. The van der Waals surface area contributed by atoms with Crippen LogP contribution >= 0.6 is 32.4 Å². The van der Waals surface area contributed by atoms with Gasteiger partial charge >= 0.3 is 7.60 Å². The second-order valence-corrected chi connectivity index (χ2v) is 8.23. The van der Waals surface area contributed by atoms with Crippen LogP contribution in [-0.4, -0.2) is 17.4 Å². The fraction of sp³-hybridized carbons (Fsp3) is 0.278. The molecule has 0 amide bonds. The van der Waals surface area contributed by atoms with Gasteiger partial charge in [0.05, 0.1) is 22.7 Å². The van der Waals surface area contributed by atoms with E-state index in [1.54, 1.807) is 13.8 Å². The molecule has 2 aromatic carbocycles. The van der Waals surface area contributed by atoms with E-state index in [1.165, 1.54) is 0 Å². The van der Waals surface area contributed by atoms with Gasteiger partial charge in [0.1, 0.15) is 0 Å². The van der Waals surface area contributed by atoms with Crippen molar-refractivity contribution in [1.29, 1.82) is 0 Å². The van der Waals surface area contributed by atoms with E-state index in [0.29, 0.717) is 21.5 Å². The van der Waals surface area contributed by atoms with Crippen molar-refractivity contribution < 1.29 is 13.6 Å². The normalized spacial score (nSPS) is 11.5. The van der Waals surface area contributed by atoms with Crippen LogP contribution in [-0.2, 0) is 20.0 Å². The zero-order valence-corrected chi connectivity index (χ0v) is 16.4. The first kappa shape index (κ1) is 19.4. The summed E-state index contributed by atoms with van der Waals surface area (Å²) >= 11 is 9.54. The summed E-state index contributed by atoms with van der Waals surface area (Å²) in [6.45, 7) is 4.17. The molecule has 0 saturated heterocycles. The third-order valence-electron chi connectivity index (χ3n) is 3.46. The maximum absolute atomic E-state index is 13.4. The Morgan fingerprint density at radius 2 is 1.67 bits per heavy atom. The van der Waals surface area contributed by atoms with Crippen molar-refractivity contribution in [2.75, 3.05) is 13.2 Å². The molecular formula is C18H21O3PS2. The van der Waals surface area contributed by atoms with Crippen LogP contribution < -0.4 is 5.30 Å². The van der Waals surface area contributed by atoms with E-state index in [1.807, 2.05) is 48.5 Å². The summed E-state index contributed by atoms with van der Waals surface area (Å²) in [6, 6.07) is 15.6. The molecule has 0 atom stereocenters. The molecule has 0 aromatic heterocycles. The quantitative estimate of drug-likeness (QED) is 0.406. The van der Waals surface area contributed by atoms with Gasteiger partial charge in [-0.15, -0.1) is 12.6 Å². The molecule has 0 unspecified atom stereocenters. The topological polar surface area (TPSA) is 35.5 Å². The smallest absolute Gasteiger partial charge is 0.305 e. The first-order chi connectivity index (χ1) is 11.5. The fourth-order valence-corrected chi connectivity index (χ4v) is 5.07. The first-order valence-corrected chi connectivity index (χ1v) is 10.2. The van der Waals surface area contributed by atoms with Crippen LogP contribution in [0.5, 0.6) is 0 Å². The summed E-state index contributed by atoms with van der Waals surface area (Å²) < 4.78 is 24.9. The Bertz CT molecular complexity index is 737. The van der Waals surface area contributed by atoms with Crippen molar-refractivity contribution in [3.05, 3.63) is 65.2 Å². The van der Waals surface area contributed by atoms with Crippen LogP contribution in [0.3, 0.4) is 0 Å². The molecule has 2 rings (SSSR count). The van der Waals surface area contributed by atoms with E-state index in [0.717, 1.165) is 11.1 Å². The SMILES string of the molecule is CCOP(=O)(OCC)c1c(Cc2ccccc2)cccc1C(=S)S. The zero-order chi connectivity index (χ0) is 17.6. The van der Waals surface area contributed by atoms with Gasteiger partial charge in [0.15, 0.2) is 0 Å². The molecule has 0 radical (unpaired) electrons. The second kappa shape index (κ2) is 8.93. The van der Waals surface area contributed by atoms with Gasteiger partial charge in [-0.1, -0.05) is 60.7 Å². The standard InChI is InChI=1S/C18H21O3PS2/c1-3-20-22(19,21-4-2)17-15(11-8-12-16(17)18(23)24)13-14-9-6-5-7-10-14/h5-12H,3-4,13H2,1-2H3,(H,23,24). The average Bonchev–Trinajstić information content (AvgIpc) is 2.56. The number of hydrogen-bond acceptors (Lipinski definition) is 4. The van der Waals surface area contributed by atoms with Crippen molar-refractivity contribution in [3.8, 4) is 0 Å². The van der Waals surface area contributed by atoms with Crippen molar-refractivity contribution in [2.24, 2.45) is 0 Å². The second-order valence-electron chi connectivity index (χ2n) is 5.11. The largest absolute Gasteiger partial charge is 0.362 e. The van der Waals surface area contributed by atoms with E-state index in [2.05, 4.69) is 12.6 Å². The molecule has 0 spiro atoms. The lowest BCUT2D eigenvalue weighted by Crippen LogP contribution is -2.22. The third kappa shape index (κ3) is 4.56. The van der Waals surface area contributed by atoms with Crippen LogP contribution in [0.25, 0.3) is 0 Å². The van der Waals surface area contributed by atoms with Crippen LogP contribution in [0.4, 0.5) is 0 Å². The average molecular weight is 380 g/mol. The highest BCUT2D eigenvalue weighted by atomic mass is 32.1. The van der Waals surface area contributed by atoms with Crippen molar-refractivity contribution >= 4 is 41.9 Å². The predicted octanol–water partition coefficient (Wildman–Crippen LogP) is 4.77. The van der Waals surface area contributed by atoms with Crippen LogP contribution in [0.1, 0.15) is 30.5 Å². The number of thiocarbonyl (C=S) groups is 1. The van der Waals surface area contributed by atoms with Gasteiger partial charge in [0.25, 0.3) is 0 Å². The van der Waals surface area contributed by atoms with Crippen LogP contribution in [0.2, 0.25) is 0 Å². The van der Waals surface area contributed by atoms with Crippen molar-refractivity contribution in [1.82, 2.24) is 0 Å².